The average Bonchev–Trinajstić information content (AvgIpc) is 2.63. The molecule has 0 fully saturated rings. The Morgan fingerprint density at radius 2 is 2.29 bits per heavy atom. The van der Waals surface area contributed by atoms with Gasteiger partial charge >= 0.3 is 0 Å². The Labute approximate surface area is 97.1 Å². The van der Waals surface area contributed by atoms with Gasteiger partial charge in [0.25, 0.3) is 0 Å². The molecule has 2 aromatic rings. The first-order valence-electron chi connectivity index (χ1n) is 4.10. The molecule has 1 aromatic heterocycles. The Morgan fingerprint density at radius 3 is 2.93 bits per heavy atom. The van der Waals surface area contributed by atoms with Crippen molar-refractivity contribution in [3.8, 4) is 5.06 Å². The molecule has 0 N–H and O–H groups in total. The molecule has 0 spiro atoms. The summed E-state index contributed by atoms with van der Waals surface area (Å²) in [5.74, 6) is 0.518. The standard InChI is InChI=1S/C10H9ClOS2/c1-12-9-4-7-6(5-11)2-3-8(13)10(7)14-9/h2-4,13H,5H2,1H3. The predicted molar refractivity (Wildman–Crippen MR) is 65.2 cm³/mol. The molecule has 0 bridgehead atoms. The molecular formula is C10H9ClOS2. The quantitative estimate of drug-likeness (QED) is 0.622. The average molecular weight is 245 g/mol. The number of methoxy groups -OCH3 is 1. The molecule has 0 atom stereocenters. The van der Waals surface area contributed by atoms with Crippen molar-refractivity contribution in [3.05, 3.63) is 23.8 Å². The third-order valence-corrected chi connectivity index (χ3v) is 4.02. The van der Waals surface area contributed by atoms with Crippen LogP contribution in [0.2, 0.25) is 0 Å². The zero-order valence-electron chi connectivity index (χ0n) is 7.58. The number of rotatable bonds is 2. The second-order valence-electron chi connectivity index (χ2n) is 2.89. The van der Waals surface area contributed by atoms with Crippen molar-refractivity contribution in [1.82, 2.24) is 0 Å². The van der Waals surface area contributed by atoms with Crippen molar-refractivity contribution in [1.29, 1.82) is 0 Å². The van der Waals surface area contributed by atoms with Crippen LogP contribution in [0, 0.1) is 0 Å². The van der Waals surface area contributed by atoms with E-state index in [1.165, 1.54) is 0 Å². The molecule has 1 heterocycles. The van der Waals surface area contributed by atoms with E-state index in [2.05, 4.69) is 12.6 Å². The molecule has 4 heteroatoms. The Hall–Kier alpha value is -0.380. The molecule has 0 radical (unpaired) electrons. The van der Waals surface area contributed by atoms with Gasteiger partial charge in [-0.05, 0) is 17.7 Å². The van der Waals surface area contributed by atoms with Gasteiger partial charge in [-0.1, -0.05) is 17.4 Å². The molecule has 14 heavy (non-hydrogen) atoms. The number of hydrogen-bond donors (Lipinski definition) is 1. The van der Waals surface area contributed by atoms with E-state index < -0.39 is 0 Å². The third-order valence-electron chi connectivity index (χ3n) is 2.08. The molecule has 0 aliphatic heterocycles. The summed E-state index contributed by atoms with van der Waals surface area (Å²) in [4.78, 5) is 0.974. The molecule has 1 aromatic carbocycles. The zero-order chi connectivity index (χ0) is 10.1. The van der Waals surface area contributed by atoms with Crippen LogP contribution in [0.25, 0.3) is 10.1 Å². The van der Waals surface area contributed by atoms with Crippen LogP contribution in [0.1, 0.15) is 5.56 Å². The largest absolute Gasteiger partial charge is 0.487 e. The van der Waals surface area contributed by atoms with Crippen LogP contribution in [0.5, 0.6) is 5.06 Å². The highest BCUT2D eigenvalue weighted by Crippen LogP contribution is 2.37. The van der Waals surface area contributed by atoms with Gasteiger partial charge in [0, 0.05) is 16.2 Å². The molecule has 1 nitrogen and oxygen atoms in total. The van der Waals surface area contributed by atoms with E-state index in [4.69, 9.17) is 16.3 Å². The summed E-state index contributed by atoms with van der Waals surface area (Å²) < 4.78 is 6.34. The topological polar surface area (TPSA) is 9.23 Å². The predicted octanol–water partition coefficient (Wildman–Crippen LogP) is 3.94. The number of alkyl halides is 1. The number of benzene rings is 1. The lowest BCUT2D eigenvalue weighted by Crippen LogP contribution is -1.78. The first-order valence-corrected chi connectivity index (χ1v) is 5.90. The number of thiophene rings is 1. The van der Waals surface area contributed by atoms with Crippen molar-refractivity contribution < 1.29 is 4.74 Å². The lowest BCUT2D eigenvalue weighted by Gasteiger charge is -1.99. The van der Waals surface area contributed by atoms with E-state index in [9.17, 15) is 0 Å². The van der Waals surface area contributed by atoms with Crippen molar-refractivity contribution in [2.75, 3.05) is 7.11 Å². The summed E-state index contributed by atoms with van der Waals surface area (Å²) >= 11 is 11.8. The highest BCUT2D eigenvalue weighted by molar-refractivity contribution is 7.80. The fourth-order valence-corrected chi connectivity index (χ4v) is 2.86. The number of thiol groups is 1. The van der Waals surface area contributed by atoms with Gasteiger partial charge in [-0.25, -0.2) is 0 Å². The Bertz CT molecular complexity index is 464. The minimum Gasteiger partial charge on any atom is -0.487 e. The van der Waals surface area contributed by atoms with E-state index in [1.54, 1.807) is 18.4 Å². The van der Waals surface area contributed by atoms with Crippen molar-refractivity contribution in [2.24, 2.45) is 0 Å². The summed E-state index contributed by atoms with van der Waals surface area (Å²) in [6, 6.07) is 5.99. The summed E-state index contributed by atoms with van der Waals surface area (Å²) in [7, 11) is 1.67. The van der Waals surface area contributed by atoms with Gasteiger partial charge in [0.1, 0.15) is 0 Å². The highest BCUT2D eigenvalue weighted by Gasteiger charge is 2.08. The first kappa shape index (κ1) is 10.1. The third kappa shape index (κ3) is 1.60. The number of hydrogen-bond acceptors (Lipinski definition) is 3. The molecule has 0 aliphatic carbocycles. The Kier molecular flexibility index (Phi) is 2.91. The molecular weight excluding hydrogens is 236 g/mol. The summed E-state index contributed by atoms with van der Waals surface area (Å²) in [6.07, 6.45) is 0. The van der Waals surface area contributed by atoms with Crippen LogP contribution in [-0.4, -0.2) is 7.11 Å². The lowest BCUT2D eigenvalue weighted by molar-refractivity contribution is 0.427. The fraction of sp³-hybridized carbons (Fsp3) is 0.200. The lowest BCUT2D eigenvalue weighted by atomic mass is 10.1. The van der Waals surface area contributed by atoms with Crippen molar-refractivity contribution in [3.63, 3.8) is 0 Å². The van der Waals surface area contributed by atoms with E-state index in [0.717, 1.165) is 25.6 Å². The summed E-state index contributed by atoms with van der Waals surface area (Å²) in [5, 5.41) is 2.04. The molecule has 0 amide bonds. The molecule has 2 rings (SSSR count). The van der Waals surface area contributed by atoms with Crippen LogP contribution in [0.15, 0.2) is 23.1 Å². The van der Waals surface area contributed by atoms with Crippen LogP contribution in [0.3, 0.4) is 0 Å². The van der Waals surface area contributed by atoms with E-state index in [-0.39, 0.29) is 0 Å². The first-order chi connectivity index (χ1) is 6.76. The van der Waals surface area contributed by atoms with Crippen LogP contribution in [0.4, 0.5) is 0 Å². The van der Waals surface area contributed by atoms with Gasteiger partial charge in [-0.3, -0.25) is 0 Å². The second-order valence-corrected chi connectivity index (χ2v) is 4.65. The zero-order valence-corrected chi connectivity index (χ0v) is 10.0. The van der Waals surface area contributed by atoms with Gasteiger partial charge in [-0.15, -0.1) is 24.2 Å². The fourth-order valence-electron chi connectivity index (χ4n) is 1.36. The van der Waals surface area contributed by atoms with E-state index in [1.807, 2.05) is 18.2 Å². The minimum atomic E-state index is 0.518. The Morgan fingerprint density at radius 1 is 1.50 bits per heavy atom. The van der Waals surface area contributed by atoms with Crippen molar-refractivity contribution in [2.45, 2.75) is 10.8 Å². The second kappa shape index (κ2) is 4.01. The van der Waals surface area contributed by atoms with Crippen molar-refractivity contribution >= 4 is 45.7 Å². The molecule has 0 saturated heterocycles. The molecule has 74 valence electrons. The Balaban J connectivity index is 2.74. The number of ether oxygens (including phenoxy) is 1. The van der Waals surface area contributed by atoms with Gasteiger partial charge in [0.2, 0.25) is 0 Å². The maximum Gasteiger partial charge on any atom is 0.174 e. The monoisotopic (exact) mass is 244 g/mol. The van der Waals surface area contributed by atoms with E-state index in [0.29, 0.717) is 5.88 Å². The van der Waals surface area contributed by atoms with E-state index >= 15 is 0 Å². The van der Waals surface area contributed by atoms with Crippen LogP contribution in [-0.2, 0) is 5.88 Å². The normalized spacial score (nSPS) is 10.8. The highest BCUT2D eigenvalue weighted by atomic mass is 35.5. The van der Waals surface area contributed by atoms with Gasteiger partial charge < -0.3 is 4.74 Å². The molecule has 0 unspecified atom stereocenters. The molecule has 0 aliphatic rings. The van der Waals surface area contributed by atoms with Crippen LogP contribution >= 0.6 is 35.6 Å². The van der Waals surface area contributed by atoms with Gasteiger partial charge in [-0.2, -0.15) is 0 Å². The molecule has 0 saturated carbocycles. The summed E-state index contributed by atoms with van der Waals surface area (Å²) in [5.41, 5.74) is 1.12. The number of fused-ring (bicyclic) bond motifs is 1. The summed E-state index contributed by atoms with van der Waals surface area (Å²) in [6.45, 7) is 0. The smallest absolute Gasteiger partial charge is 0.174 e. The maximum atomic E-state index is 5.85. The SMILES string of the molecule is COc1cc2c(CCl)ccc(S)c2s1. The number of halogens is 1. The minimum absolute atomic E-state index is 0.518. The van der Waals surface area contributed by atoms with Crippen LogP contribution < -0.4 is 4.74 Å². The van der Waals surface area contributed by atoms with Gasteiger partial charge in [0.05, 0.1) is 11.8 Å². The van der Waals surface area contributed by atoms with Gasteiger partial charge in [0.15, 0.2) is 5.06 Å². The maximum absolute atomic E-state index is 5.85.